The minimum Gasteiger partial charge on any atom is -0.480 e. The Labute approximate surface area is 204 Å². The highest BCUT2D eigenvalue weighted by Crippen LogP contribution is 2.20. The number of aliphatic hydroxyl groups is 1. The average Bonchev–Trinajstić information content (AvgIpc) is 3.29. The number of carboxylic acid groups (broad SMARTS) is 1. The minimum atomic E-state index is -1.22. The summed E-state index contributed by atoms with van der Waals surface area (Å²) in [6, 6.07) is -4.21. The third-order valence-corrected chi connectivity index (χ3v) is 5.78. The van der Waals surface area contributed by atoms with Gasteiger partial charge < -0.3 is 48.7 Å². The first-order valence-corrected chi connectivity index (χ1v) is 11.8. The summed E-state index contributed by atoms with van der Waals surface area (Å²) >= 11 is 0. The molecule has 14 heteroatoms. The molecule has 14 nitrogen and oxygen atoms in total. The van der Waals surface area contributed by atoms with Crippen molar-refractivity contribution in [2.45, 2.75) is 82.1 Å². The lowest BCUT2D eigenvalue weighted by atomic mass is 10.1. The van der Waals surface area contributed by atoms with Gasteiger partial charge in [0, 0.05) is 13.1 Å². The Hall–Kier alpha value is -2.97. The standard InChI is InChI=1S/C21H40N8O6/c1-12(30)16(23)18(32)27-13(6-2-3-9-22)19(33)29-11-5-8-15(29)17(31)28-14(20(34)35)7-4-10-26-21(24)25/h12-16,30H,2-11,22-23H2,1H3,(H,27,32)(H,28,31)(H,34,35)(H4,24,25,26)/t12-,13+,14-,15+,16-/m0/s1. The number of hydrogen-bond donors (Lipinski definition) is 8. The van der Waals surface area contributed by atoms with Gasteiger partial charge in [-0.25, -0.2) is 4.79 Å². The molecule has 200 valence electrons. The summed E-state index contributed by atoms with van der Waals surface area (Å²) in [6.45, 7) is 2.28. The summed E-state index contributed by atoms with van der Waals surface area (Å²) in [6.07, 6.45) is 1.69. The molecule has 1 aliphatic heterocycles. The first-order chi connectivity index (χ1) is 16.5. The molecule has 0 saturated carbocycles. The molecule has 35 heavy (non-hydrogen) atoms. The van der Waals surface area contributed by atoms with Crippen molar-refractivity contribution in [1.82, 2.24) is 15.5 Å². The fourth-order valence-electron chi connectivity index (χ4n) is 3.77. The molecule has 0 spiro atoms. The van der Waals surface area contributed by atoms with Crippen LogP contribution in [0.1, 0.15) is 51.9 Å². The number of aliphatic carboxylic acids is 1. The highest BCUT2D eigenvalue weighted by molar-refractivity contribution is 5.94. The van der Waals surface area contributed by atoms with E-state index in [1.54, 1.807) is 0 Å². The van der Waals surface area contributed by atoms with E-state index in [9.17, 15) is 29.4 Å². The van der Waals surface area contributed by atoms with E-state index in [-0.39, 0.29) is 31.9 Å². The molecule has 0 unspecified atom stereocenters. The Morgan fingerprint density at radius 3 is 2.31 bits per heavy atom. The van der Waals surface area contributed by atoms with E-state index in [0.29, 0.717) is 38.6 Å². The third-order valence-electron chi connectivity index (χ3n) is 5.78. The fraction of sp³-hybridized carbons (Fsp3) is 0.762. The van der Waals surface area contributed by atoms with E-state index in [1.807, 2.05) is 0 Å². The molecule has 1 fully saturated rings. The number of nitrogens with one attached hydrogen (secondary N) is 2. The first kappa shape index (κ1) is 30.1. The zero-order valence-corrected chi connectivity index (χ0v) is 20.2. The Morgan fingerprint density at radius 2 is 1.74 bits per heavy atom. The number of guanidine groups is 1. The maximum absolute atomic E-state index is 13.3. The predicted molar refractivity (Wildman–Crippen MR) is 129 cm³/mol. The van der Waals surface area contributed by atoms with Gasteiger partial charge in [0.05, 0.1) is 6.10 Å². The van der Waals surface area contributed by atoms with Crippen molar-refractivity contribution in [1.29, 1.82) is 0 Å². The molecule has 3 amide bonds. The quantitative estimate of drug-likeness (QED) is 0.0639. The van der Waals surface area contributed by atoms with Crippen LogP contribution in [0, 0.1) is 0 Å². The van der Waals surface area contributed by atoms with E-state index in [0.717, 1.165) is 0 Å². The van der Waals surface area contributed by atoms with Crippen LogP contribution >= 0.6 is 0 Å². The van der Waals surface area contributed by atoms with Crippen molar-refractivity contribution in [3.63, 3.8) is 0 Å². The molecular formula is C21H40N8O6. The van der Waals surface area contributed by atoms with Crippen LogP contribution in [-0.4, -0.2) is 94.7 Å². The van der Waals surface area contributed by atoms with Gasteiger partial charge in [0.25, 0.3) is 0 Å². The van der Waals surface area contributed by atoms with Crippen molar-refractivity contribution in [2.24, 2.45) is 27.9 Å². The van der Waals surface area contributed by atoms with E-state index in [1.165, 1.54) is 11.8 Å². The number of aliphatic imine (C=N–C) groups is 1. The highest BCUT2D eigenvalue weighted by atomic mass is 16.4. The highest BCUT2D eigenvalue weighted by Gasteiger charge is 2.39. The molecule has 0 aromatic heterocycles. The van der Waals surface area contributed by atoms with Crippen LogP contribution in [0.25, 0.3) is 0 Å². The van der Waals surface area contributed by atoms with Crippen molar-refractivity contribution in [3.8, 4) is 0 Å². The molecule has 12 N–H and O–H groups in total. The number of hydrogen-bond acceptors (Lipinski definition) is 8. The number of carbonyl (C=O) groups is 4. The number of nitrogens with two attached hydrogens (primary N) is 4. The van der Waals surface area contributed by atoms with Gasteiger partial charge in [-0.1, -0.05) is 0 Å². The molecule has 0 radical (unpaired) electrons. The molecule has 0 aromatic carbocycles. The Bertz CT molecular complexity index is 758. The lowest BCUT2D eigenvalue weighted by Gasteiger charge is -2.30. The monoisotopic (exact) mass is 500 g/mol. The summed E-state index contributed by atoms with van der Waals surface area (Å²) in [5, 5.41) is 24.2. The van der Waals surface area contributed by atoms with E-state index < -0.39 is 54.0 Å². The number of likely N-dealkylation sites (tertiary alicyclic amines) is 1. The van der Waals surface area contributed by atoms with Gasteiger partial charge >= 0.3 is 5.97 Å². The van der Waals surface area contributed by atoms with E-state index in [4.69, 9.17) is 22.9 Å². The molecule has 0 aromatic rings. The van der Waals surface area contributed by atoms with Gasteiger partial charge in [0.1, 0.15) is 24.2 Å². The second-order valence-corrected chi connectivity index (χ2v) is 8.65. The zero-order valence-electron chi connectivity index (χ0n) is 20.2. The molecule has 1 saturated heterocycles. The van der Waals surface area contributed by atoms with Gasteiger partial charge in [0.15, 0.2) is 5.96 Å². The van der Waals surface area contributed by atoms with Crippen molar-refractivity contribution in [3.05, 3.63) is 0 Å². The Balaban J connectivity index is 2.90. The van der Waals surface area contributed by atoms with Crippen molar-refractivity contribution in [2.75, 3.05) is 19.6 Å². The SMILES string of the molecule is C[C@H](O)[C@H](N)C(=O)N[C@H](CCCCN)C(=O)N1CCC[C@@H]1C(=O)N[C@@H](CCCN=C(N)N)C(=O)O. The Kier molecular flexibility index (Phi) is 13.0. The molecule has 0 bridgehead atoms. The number of rotatable bonds is 15. The van der Waals surface area contributed by atoms with Gasteiger partial charge in [-0.15, -0.1) is 0 Å². The van der Waals surface area contributed by atoms with Crippen LogP contribution in [0.5, 0.6) is 0 Å². The van der Waals surface area contributed by atoms with Crippen molar-refractivity contribution < 1.29 is 29.4 Å². The smallest absolute Gasteiger partial charge is 0.326 e. The zero-order chi connectivity index (χ0) is 26.5. The van der Waals surface area contributed by atoms with E-state index in [2.05, 4.69) is 15.6 Å². The van der Waals surface area contributed by atoms with Crippen LogP contribution in [0.3, 0.4) is 0 Å². The maximum atomic E-state index is 13.3. The lowest BCUT2D eigenvalue weighted by Crippen LogP contribution is -2.57. The topological polar surface area (TPSA) is 252 Å². The second kappa shape index (κ2) is 15.1. The first-order valence-electron chi connectivity index (χ1n) is 11.8. The number of aliphatic hydroxyl groups excluding tert-OH is 1. The summed E-state index contributed by atoms with van der Waals surface area (Å²) < 4.78 is 0. The number of carbonyl (C=O) groups excluding carboxylic acids is 3. The summed E-state index contributed by atoms with van der Waals surface area (Å²) in [7, 11) is 0. The van der Waals surface area contributed by atoms with E-state index >= 15 is 0 Å². The van der Waals surface area contributed by atoms with Crippen LogP contribution in [0.4, 0.5) is 0 Å². The molecule has 0 aliphatic carbocycles. The normalized spacial score (nSPS) is 18.7. The number of amides is 3. The Morgan fingerprint density at radius 1 is 1.09 bits per heavy atom. The molecule has 1 aliphatic rings. The fourth-order valence-corrected chi connectivity index (χ4v) is 3.77. The minimum absolute atomic E-state index is 0.105. The van der Waals surface area contributed by atoms with Crippen LogP contribution < -0.4 is 33.6 Å². The van der Waals surface area contributed by atoms with Gasteiger partial charge in [-0.05, 0) is 58.4 Å². The maximum Gasteiger partial charge on any atom is 0.326 e. The average molecular weight is 501 g/mol. The molecular weight excluding hydrogens is 460 g/mol. The van der Waals surface area contributed by atoms with Crippen LogP contribution in [-0.2, 0) is 19.2 Å². The lowest BCUT2D eigenvalue weighted by molar-refractivity contribution is -0.145. The molecule has 1 rings (SSSR count). The number of nitrogens with zero attached hydrogens (tertiary/aromatic N) is 2. The van der Waals surface area contributed by atoms with Crippen LogP contribution in [0.2, 0.25) is 0 Å². The third kappa shape index (κ3) is 10.0. The van der Waals surface area contributed by atoms with Crippen molar-refractivity contribution >= 4 is 29.7 Å². The summed E-state index contributed by atoms with van der Waals surface area (Å²) in [5.74, 6) is -3.05. The molecule has 5 atom stereocenters. The summed E-state index contributed by atoms with van der Waals surface area (Å²) in [5.41, 5.74) is 21.7. The van der Waals surface area contributed by atoms with Gasteiger partial charge in [0.2, 0.25) is 17.7 Å². The number of carboxylic acids is 1. The van der Waals surface area contributed by atoms with Crippen LogP contribution in [0.15, 0.2) is 4.99 Å². The number of unbranched alkanes of at least 4 members (excludes halogenated alkanes) is 1. The molecule has 1 heterocycles. The summed E-state index contributed by atoms with van der Waals surface area (Å²) in [4.78, 5) is 55.4. The predicted octanol–water partition coefficient (Wildman–Crippen LogP) is -3.08. The van der Waals surface area contributed by atoms with Gasteiger partial charge in [-0.3, -0.25) is 19.4 Å². The van der Waals surface area contributed by atoms with Gasteiger partial charge in [-0.2, -0.15) is 0 Å². The second-order valence-electron chi connectivity index (χ2n) is 8.65. The largest absolute Gasteiger partial charge is 0.480 e.